The Morgan fingerprint density at radius 3 is 2.11 bits per heavy atom. The van der Waals surface area contributed by atoms with Crippen LogP contribution in [0.3, 0.4) is 0 Å². The van der Waals surface area contributed by atoms with E-state index in [-0.39, 0.29) is 6.54 Å². The molecule has 1 unspecified atom stereocenters. The molecule has 0 aromatic rings. The van der Waals surface area contributed by atoms with E-state index >= 15 is 0 Å². The number of carbonyl (C=O) groups excluding carboxylic acids is 1. The van der Waals surface area contributed by atoms with Gasteiger partial charge in [-0.05, 0) is 0 Å². The summed E-state index contributed by atoms with van der Waals surface area (Å²) in [6, 6.07) is -1.46. The smallest absolute Gasteiger partial charge is 0.328 e. The molecule has 52 valence electrons. The van der Waals surface area contributed by atoms with E-state index < -0.39 is 17.8 Å². The predicted molar refractivity (Wildman–Crippen MR) is 29.7 cm³/mol. The van der Waals surface area contributed by atoms with Crippen LogP contribution in [-0.4, -0.2) is 29.4 Å². The lowest BCUT2D eigenvalue weighted by molar-refractivity contribution is -0.141. The quantitative estimate of drug-likeness (QED) is 0.382. The van der Waals surface area contributed by atoms with Crippen molar-refractivity contribution in [2.24, 2.45) is 11.5 Å². The summed E-state index contributed by atoms with van der Waals surface area (Å²) in [6.07, 6.45) is 0. The molecule has 0 radical (unpaired) electrons. The fourth-order valence-corrected chi connectivity index (χ4v) is 0.265. The van der Waals surface area contributed by atoms with Crippen molar-refractivity contribution in [2.75, 3.05) is 6.54 Å². The molecule has 0 aliphatic rings. The highest BCUT2D eigenvalue weighted by Gasteiger charge is 2.18. The van der Waals surface area contributed by atoms with Gasteiger partial charge in [-0.3, -0.25) is 9.59 Å². The van der Waals surface area contributed by atoms with Crippen molar-refractivity contribution in [1.82, 2.24) is 0 Å². The van der Waals surface area contributed by atoms with Crippen molar-refractivity contribution in [3.8, 4) is 0 Å². The first kappa shape index (κ1) is 8.06. The number of rotatable bonds is 3. The highest BCUT2D eigenvalue weighted by atomic mass is 16.4. The summed E-state index contributed by atoms with van der Waals surface area (Å²) >= 11 is 0. The van der Waals surface area contributed by atoms with Gasteiger partial charge in [-0.15, -0.1) is 0 Å². The van der Waals surface area contributed by atoms with Crippen LogP contribution in [0.5, 0.6) is 0 Å². The summed E-state index contributed by atoms with van der Waals surface area (Å²) in [5.74, 6) is -2.01. The molecule has 0 aromatic carbocycles. The van der Waals surface area contributed by atoms with Gasteiger partial charge in [-0.2, -0.15) is 0 Å². The highest BCUT2D eigenvalue weighted by Crippen LogP contribution is 1.78. The molecule has 0 fully saturated rings. The van der Waals surface area contributed by atoms with Crippen LogP contribution in [-0.2, 0) is 9.59 Å². The van der Waals surface area contributed by atoms with Crippen molar-refractivity contribution in [2.45, 2.75) is 6.04 Å². The van der Waals surface area contributed by atoms with Gasteiger partial charge in [0, 0.05) is 0 Å². The Hall–Kier alpha value is -0.940. The molecule has 0 heterocycles. The van der Waals surface area contributed by atoms with E-state index in [0.29, 0.717) is 0 Å². The fourth-order valence-electron chi connectivity index (χ4n) is 0.265. The van der Waals surface area contributed by atoms with Crippen LogP contribution in [0, 0.1) is 0 Å². The van der Waals surface area contributed by atoms with Gasteiger partial charge >= 0.3 is 5.97 Å². The minimum absolute atomic E-state index is 0.326. The molecular weight excluding hydrogens is 124 g/mol. The van der Waals surface area contributed by atoms with E-state index in [1.807, 2.05) is 0 Å². The maximum atomic E-state index is 10.3. The average molecular weight is 132 g/mol. The first-order valence-corrected chi connectivity index (χ1v) is 2.30. The maximum Gasteiger partial charge on any atom is 0.328 e. The van der Waals surface area contributed by atoms with E-state index in [1.165, 1.54) is 0 Å². The molecule has 5 N–H and O–H groups in total. The molecule has 0 aromatic heterocycles. The molecule has 9 heavy (non-hydrogen) atoms. The minimum atomic E-state index is -1.46. The number of aliphatic carboxylic acids is 1. The van der Waals surface area contributed by atoms with Crippen LogP contribution in [0.15, 0.2) is 0 Å². The van der Waals surface area contributed by atoms with Gasteiger partial charge in [0.1, 0.15) is 0 Å². The minimum Gasteiger partial charge on any atom is -0.480 e. The second-order valence-electron chi connectivity index (χ2n) is 1.49. The Balaban J connectivity index is 3.88. The lowest BCUT2D eigenvalue weighted by Gasteiger charge is -2.00. The normalized spacial score (nSPS) is 12.7. The van der Waals surface area contributed by atoms with Crippen molar-refractivity contribution < 1.29 is 14.7 Å². The Labute approximate surface area is 51.6 Å². The molecule has 0 spiro atoms. The SMILES string of the molecule is NCC(=O)C(N)C(=O)O. The average Bonchev–Trinajstić information content (AvgIpc) is 1.84. The zero-order valence-electron chi connectivity index (χ0n) is 4.70. The van der Waals surface area contributed by atoms with Crippen LogP contribution >= 0.6 is 0 Å². The van der Waals surface area contributed by atoms with Gasteiger partial charge in [0.25, 0.3) is 0 Å². The molecule has 0 saturated heterocycles. The van der Waals surface area contributed by atoms with Gasteiger partial charge in [-0.1, -0.05) is 0 Å². The van der Waals surface area contributed by atoms with Crippen LogP contribution in [0.4, 0.5) is 0 Å². The number of nitrogens with two attached hydrogens (primary N) is 2. The van der Waals surface area contributed by atoms with Gasteiger partial charge in [0.05, 0.1) is 6.54 Å². The third kappa shape index (κ3) is 2.20. The molecule has 1 atom stereocenters. The third-order valence-electron chi connectivity index (χ3n) is 0.814. The number of carbonyl (C=O) groups is 2. The van der Waals surface area contributed by atoms with Gasteiger partial charge in [-0.25, -0.2) is 0 Å². The maximum absolute atomic E-state index is 10.3. The number of Topliss-reactive ketones (excluding diaryl/α,β-unsaturated/α-hetero) is 1. The lowest BCUT2D eigenvalue weighted by Crippen LogP contribution is -2.41. The molecule has 0 amide bonds. The Kier molecular flexibility index (Phi) is 2.83. The summed E-state index contributed by atoms with van der Waals surface area (Å²) in [6.45, 7) is -0.326. The summed E-state index contributed by atoms with van der Waals surface area (Å²) in [4.78, 5) is 20.2. The van der Waals surface area contributed by atoms with Gasteiger partial charge in [0.2, 0.25) is 0 Å². The van der Waals surface area contributed by atoms with Crippen molar-refractivity contribution in [3.05, 3.63) is 0 Å². The van der Waals surface area contributed by atoms with Crippen LogP contribution in [0.1, 0.15) is 0 Å². The molecule has 0 aliphatic heterocycles. The van der Waals surface area contributed by atoms with E-state index in [9.17, 15) is 9.59 Å². The van der Waals surface area contributed by atoms with E-state index in [1.54, 1.807) is 0 Å². The lowest BCUT2D eigenvalue weighted by atomic mass is 10.2. The van der Waals surface area contributed by atoms with E-state index in [0.717, 1.165) is 0 Å². The number of hydrogen-bond acceptors (Lipinski definition) is 4. The second-order valence-corrected chi connectivity index (χ2v) is 1.49. The molecular formula is C4H8N2O3. The molecule has 0 saturated carbocycles. The second kappa shape index (κ2) is 3.16. The fraction of sp³-hybridized carbons (Fsp3) is 0.500. The predicted octanol–water partition coefficient (Wildman–Crippen LogP) is -2.07. The summed E-state index contributed by atoms with van der Waals surface area (Å²) in [5, 5.41) is 8.08. The third-order valence-corrected chi connectivity index (χ3v) is 0.814. The first-order chi connectivity index (χ1) is 4.09. The van der Waals surface area contributed by atoms with E-state index in [2.05, 4.69) is 0 Å². The zero-order chi connectivity index (χ0) is 7.44. The van der Waals surface area contributed by atoms with Crippen molar-refractivity contribution in [1.29, 1.82) is 0 Å². The Morgan fingerprint density at radius 1 is 1.56 bits per heavy atom. The van der Waals surface area contributed by atoms with Gasteiger partial charge in [0.15, 0.2) is 11.8 Å². The van der Waals surface area contributed by atoms with Gasteiger partial charge < -0.3 is 16.6 Å². The summed E-state index contributed by atoms with van der Waals surface area (Å²) < 4.78 is 0. The number of hydrogen-bond donors (Lipinski definition) is 3. The monoisotopic (exact) mass is 132 g/mol. The van der Waals surface area contributed by atoms with Crippen molar-refractivity contribution >= 4 is 11.8 Å². The van der Waals surface area contributed by atoms with Crippen molar-refractivity contribution in [3.63, 3.8) is 0 Å². The molecule has 0 aliphatic carbocycles. The number of carboxylic acids is 1. The van der Waals surface area contributed by atoms with Crippen LogP contribution < -0.4 is 11.5 Å². The Bertz CT molecular complexity index is 134. The number of carboxylic acid groups (broad SMARTS) is 1. The van der Waals surface area contributed by atoms with E-state index in [4.69, 9.17) is 16.6 Å². The molecule has 5 nitrogen and oxygen atoms in total. The molecule has 5 heteroatoms. The largest absolute Gasteiger partial charge is 0.480 e. The molecule has 0 bridgehead atoms. The Morgan fingerprint density at radius 2 is 2.00 bits per heavy atom. The zero-order valence-corrected chi connectivity index (χ0v) is 4.70. The summed E-state index contributed by atoms with van der Waals surface area (Å²) in [7, 11) is 0. The summed E-state index contributed by atoms with van der Waals surface area (Å²) in [5.41, 5.74) is 9.66. The topological polar surface area (TPSA) is 106 Å². The molecule has 0 rings (SSSR count). The highest BCUT2D eigenvalue weighted by molar-refractivity contribution is 6.02. The number of ketones is 1. The standard InChI is InChI=1S/C4H8N2O3/c5-1-2(7)3(6)4(8)9/h3H,1,5-6H2,(H,8,9). The first-order valence-electron chi connectivity index (χ1n) is 2.30. The van der Waals surface area contributed by atoms with Crippen LogP contribution in [0.2, 0.25) is 0 Å². The van der Waals surface area contributed by atoms with Crippen LogP contribution in [0.25, 0.3) is 0 Å².